The molecular formula is C20H21N3O6. The fraction of sp³-hybridized carbons (Fsp3) is 0.300. The second-order valence-corrected chi connectivity index (χ2v) is 6.69. The van der Waals surface area contributed by atoms with Crippen molar-refractivity contribution in [1.29, 1.82) is 0 Å². The first-order chi connectivity index (χ1) is 13.8. The average Bonchev–Trinajstić information content (AvgIpc) is 3.10. The third kappa shape index (κ3) is 4.13. The zero-order chi connectivity index (χ0) is 21.1. The summed E-state index contributed by atoms with van der Waals surface area (Å²) in [5.74, 6) is -0.0939. The second kappa shape index (κ2) is 8.17. The number of carbonyl (C=O) groups is 2. The van der Waals surface area contributed by atoms with Gasteiger partial charge in [0.25, 0.3) is 5.69 Å². The summed E-state index contributed by atoms with van der Waals surface area (Å²) in [6, 6.07) is 9.37. The normalized spacial score (nSPS) is 15.9. The van der Waals surface area contributed by atoms with Crippen LogP contribution in [0.5, 0.6) is 11.5 Å². The van der Waals surface area contributed by atoms with E-state index < -0.39 is 10.8 Å². The number of ether oxygens (including phenoxy) is 2. The number of methoxy groups -OCH3 is 2. The van der Waals surface area contributed by atoms with Crippen molar-refractivity contribution in [3.63, 3.8) is 0 Å². The molecule has 1 N–H and O–H groups in total. The van der Waals surface area contributed by atoms with Crippen LogP contribution in [0, 0.1) is 23.0 Å². The first-order valence-electron chi connectivity index (χ1n) is 8.92. The van der Waals surface area contributed by atoms with Crippen LogP contribution < -0.4 is 19.7 Å². The molecule has 0 radical (unpaired) electrons. The van der Waals surface area contributed by atoms with E-state index >= 15 is 0 Å². The molecule has 0 unspecified atom stereocenters. The molecule has 2 aromatic rings. The maximum atomic E-state index is 12.7. The summed E-state index contributed by atoms with van der Waals surface area (Å²) >= 11 is 0. The lowest BCUT2D eigenvalue weighted by Gasteiger charge is -2.18. The van der Waals surface area contributed by atoms with Crippen LogP contribution >= 0.6 is 0 Å². The van der Waals surface area contributed by atoms with Crippen molar-refractivity contribution in [2.75, 3.05) is 31.0 Å². The van der Waals surface area contributed by atoms with E-state index in [-0.39, 0.29) is 30.5 Å². The summed E-state index contributed by atoms with van der Waals surface area (Å²) in [6.07, 6.45) is 0.0498. The van der Waals surface area contributed by atoms with Crippen LogP contribution in [0.2, 0.25) is 0 Å². The minimum Gasteiger partial charge on any atom is -0.493 e. The highest BCUT2D eigenvalue weighted by molar-refractivity contribution is 6.04. The van der Waals surface area contributed by atoms with Gasteiger partial charge in [0, 0.05) is 36.9 Å². The van der Waals surface area contributed by atoms with E-state index in [9.17, 15) is 19.7 Å². The molecule has 1 fully saturated rings. The SMILES string of the molecule is COc1ccc(N2C[C@@H](C(=O)Nc3cc([N+](=O)[O-])ccc3C)CC2=O)cc1OC. The van der Waals surface area contributed by atoms with Gasteiger partial charge in [0.05, 0.1) is 30.7 Å². The third-order valence-electron chi connectivity index (χ3n) is 4.86. The summed E-state index contributed by atoms with van der Waals surface area (Å²) in [7, 11) is 3.03. The summed E-state index contributed by atoms with van der Waals surface area (Å²) in [5.41, 5.74) is 1.56. The number of amides is 2. The van der Waals surface area contributed by atoms with Crippen LogP contribution in [0.25, 0.3) is 0 Å². The summed E-state index contributed by atoms with van der Waals surface area (Å²) in [6.45, 7) is 1.95. The molecule has 0 saturated carbocycles. The summed E-state index contributed by atoms with van der Waals surface area (Å²) < 4.78 is 10.5. The van der Waals surface area contributed by atoms with Crippen molar-refractivity contribution in [1.82, 2.24) is 0 Å². The molecule has 1 saturated heterocycles. The molecule has 0 aliphatic carbocycles. The average molecular weight is 399 g/mol. The maximum Gasteiger partial charge on any atom is 0.271 e. The molecule has 2 amide bonds. The molecule has 152 valence electrons. The highest BCUT2D eigenvalue weighted by atomic mass is 16.6. The molecule has 0 spiro atoms. The van der Waals surface area contributed by atoms with Crippen LogP contribution in [0.4, 0.5) is 17.1 Å². The minimum atomic E-state index is -0.575. The van der Waals surface area contributed by atoms with E-state index in [1.807, 2.05) is 0 Å². The first-order valence-corrected chi connectivity index (χ1v) is 8.92. The van der Waals surface area contributed by atoms with Crippen LogP contribution in [0.15, 0.2) is 36.4 Å². The van der Waals surface area contributed by atoms with Crippen LogP contribution in [-0.4, -0.2) is 37.5 Å². The highest BCUT2D eigenvalue weighted by Crippen LogP contribution is 2.34. The minimum absolute atomic E-state index is 0.0498. The lowest BCUT2D eigenvalue weighted by atomic mass is 10.1. The summed E-state index contributed by atoms with van der Waals surface area (Å²) in [5, 5.41) is 13.7. The fourth-order valence-electron chi connectivity index (χ4n) is 3.22. The Labute approximate surface area is 167 Å². The number of carbonyl (C=O) groups excluding carboxylic acids is 2. The second-order valence-electron chi connectivity index (χ2n) is 6.69. The number of nitro groups is 1. The predicted octanol–water partition coefficient (Wildman–Crippen LogP) is 2.91. The smallest absolute Gasteiger partial charge is 0.271 e. The van der Waals surface area contributed by atoms with E-state index in [4.69, 9.17) is 9.47 Å². The van der Waals surface area contributed by atoms with Gasteiger partial charge in [-0.25, -0.2) is 0 Å². The Balaban J connectivity index is 1.76. The molecule has 3 rings (SSSR count). The Morgan fingerprint density at radius 1 is 1.17 bits per heavy atom. The van der Waals surface area contributed by atoms with Gasteiger partial charge in [-0.1, -0.05) is 6.07 Å². The van der Waals surface area contributed by atoms with E-state index in [1.165, 1.54) is 31.3 Å². The maximum absolute atomic E-state index is 12.7. The molecule has 1 atom stereocenters. The van der Waals surface area contributed by atoms with Crippen LogP contribution in [0.1, 0.15) is 12.0 Å². The number of rotatable bonds is 6. The Kier molecular flexibility index (Phi) is 5.67. The van der Waals surface area contributed by atoms with Gasteiger partial charge < -0.3 is 19.7 Å². The summed E-state index contributed by atoms with van der Waals surface area (Å²) in [4.78, 5) is 37.1. The van der Waals surface area contributed by atoms with Crippen LogP contribution in [0.3, 0.4) is 0 Å². The molecule has 9 nitrogen and oxygen atoms in total. The molecule has 0 aromatic heterocycles. The molecule has 1 heterocycles. The van der Waals surface area contributed by atoms with E-state index in [0.29, 0.717) is 28.4 Å². The standard InChI is InChI=1S/C20H21N3O6/c1-12-4-5-15(23(26)27)9-16(12)21-20(25)13-8-19(24)22(11-13)14-6-7-17(28-2)18(10-14)29-3/h4-7,9-10,13H,8,11H2,1-3H3,(H,21,25)/t13-/m0/s1. The van der Waals surface area contributed by atoms with E-state index in [1.54, 1.807) is 31.2 Å². The largest absolute Gasteiger partial charge is 0.493 e. The van der Waals surface area contributed by atoms with Gasteiger partial charge in [0.1, 0.15) is 0 Å². The molecule has 2 aromatic carbocycles. The number of nitro benzene ring substituents is 1. The number of benzene rings is 2. The molecule has 9 heteroatoms. The number of hydrogen-bond donors (Lipinski definition) is 1. The lowest BCUT2D eigenvalue weighted by Crippen LogP contribution is -2.28. The van der Waals surface area contributed by atoms with Crippen molar-refractivity contribution in [2.45, 2.75) is 13.3 Å². The number of non-ortho nitro benzene ring substituents is 1. The zero-order valence-electron chi connectivity index (χ0n) is 16.3. The van der Waals surface area contributed by atoms with Crippen LogP contribution in [-0.2, 0) is 9.59 Å². The number of anilines is 2. The van der Waals surface area contributed by atoms with Crippen molar-refractivity contribution in [2.24, 2.45) is 5.92 Å². The number of hydrogen-bond acceptors (Lipinski definition) is 6. The van der Waals surface area contributed by atoms with E-state index in [2.05, 4.69) is 5.32 Å². The zero-order valence-corrected chi connectivity index (χ0v) is 16.3. The van der Waals surface area contributed by atoms with Crippen molar-refractivity contribution in [3.05, 3.63) is 52.1 Å². The topological polar surface area (TPSA) is 111 Å². The van der Waals surface area contributed by atoms with Crippen molar-refractivity contribution < 1.29 is 24.0 Å². The number of aryl methyl sites for hydroxylation is 1. The van der Waals surface area contributed by atoms with Gasteiger partial charge in [-0.05, 0) is 24.6 Å². The molecular weight excluding hydrogens is 378 g/mol. The Morgan fingerprint density at radius 3 is 2.55 bits per heavy atom. The molecule has 1 aliphatic rings. The Bertz CT molecular complexity index is 975. The predicted molar refractivity (Wildman–Crippen MR) is 106 cm³/mol. The fourth-order valence-corrected chi connectivity index (χ4v) is 3.22. The monoisotopic (exact) mass is 399 g/mol. The third-order valence-corrected chi connectivity index (χ3v) is 4.86. The van der Waals surface area contributed by atoms with Gasteiger partial charge in [0.2, 0.25) is 11.8 Å². The lowest BCUT2D eigenvalue weighted by molar-refractivity contribution is -0.384. The van der Waals surface area contributed by atoms with Gasteiger partial charge in [-0.2, -0.15) is 0 Å². The van der Waals surface area contributed by atoms with Crippen molar-refractivity contribution >= 4 is 28.9 Å². The number of nitrogens with zero attached hydrogens (tertiary/aromatic N) is 2. The Hall–Kier alpha value is -3.62. The van der Waals surface area contributed by atoms with Gasteiger partial charge in [-0.15, -0.1) is 0 Å². The Morgan fingerprint density at radius 2 is 1.90 bits per heavy atom. The molecule has 29 heavy (non-hydrogen) atoms. The van der Waals surface area contributed by atoms with Gasteiger partial charge in [-0.3, -0.25) is 19.7 Å². The molecule has 0 bridgehead atoms. The first kappa shape index (κ1) is 20.1. The van der Waals surface area contributed by atoms with E-state index in [0.717, 1.165) is 0 Å². The molecule has 1 aliphatic heterocycles. The van der Waals surface area contributed by atoms with Crippen molar-refractivity contribution in [3.8, 4) is 11.5 Å². The highest BCUT2D eigenvalue weighted by Gasteiger charge is 2.35. The quantitative estimate of drug-likeness (QED) is 0.591. The number of nitrogens with one attached hydrogen (secondary N) is 1. The van der Waals surface area contributed by atoms with Gasteiger partial charge in [0.15, 0.2) is 11.5 Å². The van der Waals surface area contributed by atoms with Gasteiger partial charge >= 0.3 is 0 Å².